The van der Waals surface area contributed by atoms with Gasteiger partial charge in [-0.1, -0.05) is 6.92 Å². The summed E-state index contributed by atoms with van der Waals surface area (Å²) in [5, 5.41) is 9.62. The van der Waals surface area contributed by atoms with Crippen molar-refractivity contribution in [1.29, 1.82) is 0 Å². The van der Waals surface area contributed by atoms with Crippen LogP contribution in [0, 0.1) is 5.92 Å². The third-order valence-electron chi connectivity index (χ3n) is 4.11. The van der Waals surface area contributed by atoms with E-state index < -0.39 is 0 Å². The molecule has 0 aromatic heterocycles. The second-order valence-electron chi connectivity index (χ2n) is 5.21. The molecule has 1 saturated heterocycles. The number of benzene rings is 1. The van der Waals surface area contributed by atoms with Crippen LogP contribution in [0.2, 0.25) is 0 Å². The molecule has 3 rings (SSSR count). The van der Waals surface area contributed by atoms with Crippen molar-refractivity contribution >= 4 is 5.69 Å². The van der Waals surface area contributed by atoms with Gasteiger partial charge in [0.05, 0.1) is 6.17 Å². The van der Waals surface area contributed by atoms with E-state index in [2.05, 4.69) is 30.8 Å². The van der Waals surface area contributed by atoms with Crippen molar-refractivity contribution in [2.24, 2.45) is 5.92 Å². The molecule has 0 radical (unpaired) electrons. The van der Waals surface area contributed by atoms with Crippen LogP contribution in [-0.2, 0) is 0 Å². The maximum Gasteiger partial charge on any atom is 0.116 e. The average molecular weight is 218 g/mol. The number of likely N-dealkylation sites (tertiary alicyclic amines) is 1. The molecule has 3 nitrogen and oxygen atoms in total. The lowest BCUT2D eigenvalue weighted by Crippen LogP contribution is -2.39. The monoisotopic (exact) mass is 218 g/mol. The lowest BCUT2D eigenvalue weighted by Gasteiger charge is -2.28. The summed E-state index contributed by atoms with van der Waals surface area (Å²) in [6.45, 7) is 3.43. The highest BCUT2D eigenvalue weighted by atomic mass is 16.3. The Bertz CT molecular complexity index is 432. The Labute approximate surface area is 96.3 Å². The minimum Gasteiger partial charge on any atom is -0.508 e. The smallest absolute Gasteiger partial charge is 0.116 e. The minimum atomic E-state index is 0.384. The number of fused-ring (bicyclic) bond motifs is 3. The molecule has 86 valence electrons. The molecular weight excluding hydrogens is 200 g/mol. The van der Waals surface area contributed by atoms with Gasteiger partial charge >= 0.3 is 0 Å². The minimum absolute atomic E-state index is 0.384. The first-order chi connectivity index (χ1) is 7.59. The number of hydrogen-bond acceptors (Lipinski definition) is 3. The van der Waals surface area contributed by atoms with E-state index in [1.54, 1.807) is 6.07 Å². The van der Waals surface area contributed by atoms with Crippen molar-refractivity contribution in [3.8, 4) is 5.75 Å². The largest absolute Gasteiger partial charge is 0.508 e. The molecule has 2 aliphatic rings. The van der Waals surface area contributed by atoms with Crippen LogP contribution in [0.25, 0.3) is 0 Å². The molecule has 3 heteroatoms. The van der Waals surface area contributed by atoms with E-state index in [4.69, 9.17) is 0 Å². The fraction of sp³-hybridized carbons (Fsp3) is 0.538. The van der Waals surface area contributed by atoms with Gasteiger partial charge in [0, 0.05) is 25.2 Å². The van der Waals surface area contributed by atoms with Crippen molar-refractivity contribution in [2.45, 2.75) is 19.0 Å². The Morgan fingerprint density at radius 2 is 2.06 bits per heavy atom. The molecule has 1 N–H and O–H groups in total. The summed E-state index contributed by atoms with van der Waals surface area (Å²) in [5.41, 5.74) is 2.58. The number of hydrogen-bond donors (Lipinski definition) is 1. The van der Waals surface area contributed by atoms with Crippen LogP contribution in [0.1, 0.15) is 18.4 Å². The molecule has 16 heavy (non-hydrogen) atoms. The third-order valence-corrected chi connectivity index (χ3v) is 4.11. The first-order valence-electron chi connectivity index (χ1n) is 5.85. The highest BCUT2D eigenvalue weighted by Crippen LogP contribution is 2.49. The summed E-state index contributed by atoms with van der Waals surface area (Å²) in [6.07, 6.45) is 0.465. The predicted octanol–water partition coefficient (Wildman–Crippen LogP) is 1.83. The van der Waals surface area contributed by atoms with E-state index in [1.165, 1.54) is 11.3 Å². The van der Waals surface area contributed by atoms with Crippen LogP contribution in [0.5, 0.6) is 5.75 Å². The van der Waals surface area contributed by atoms with Gasteiger partial charge in [0.15, 0.2) is 0 Å². The van der Waals surface area contributed by atoms with Gasteiger partial charge in [-0.15, -0.1) is 0 Å². The van der Waals surface area contributed by atoms with Crippen LogP contribution in [0.4, 0.5) is 5.69 Å². The van der Waals surface area contributed by atoms with E-state index in [0.717, 1.165) is 6.54 Å². The van der Waals surface area contributed by atoms with Crippen LogP contribution >= 0.6 is 0 Å². The van der Waals surface area contributed by atoms with Gasteiger partial charge in [-0.2, -0.15) is 0 Å². The van der Waals surface area contributed by atoms with Crippen LogP contribution in [0.15, 0.2) is 18.2 Å². The molecule has 2 heterocycles. The zero-order valence-corrected chi connectivity index (χ0v) is 10.0. The fourth-order valence-electron chi connectivity index (χ4n) is 3.52. The molecule has 0 aliphatic carbocycles. The molecule has 2 unspecified atom stereocenters. The second-order valence-corrected chi connectivity index (χ2v) is 5.21. The molecule has 0 bridgehead atoms. The van der Waals surface area contributed by atoms with Gasteiger partial charge in [0.2, 0.25) is 0 Å². The number of phenols is 1. The maximum absolute atomic E-state index is 9.62. The number of nitrogens with zero attached hydrogens (tertiary/aromatic N) is 2. The molecule has 1 aromatic carbocycles. The van der Waals surface area contributed by atoms with Crippen LogP contribution in [0.3, 0.4) is 0 Å². The number of phenolic OH excluding ortho intramolecular Hbond substituents is 1. The van der Waals surface area contributed by atoms with Gasteiger partial charge in [0.1, 0.15) is 5.75 Å². The highest BCUT2D eigenvalue weighted by Gasteiger charge is 2.46. The van der Waals surface area contributed by atoms with Gasteiger partial charge in [0.25, 0.3) is 0 Å². The average Bonchev–Trinajstić information content (AvgIpc) is 2.66. The molecule has 1 aromatic rings. The molecule has 0 spiro atoms. The van der Waals surface area contributed by atoms with Crippen molar-refractivity contribution in [2.75, 3.05) is 25.5 Å². The lowest BCUT2D eigenvalue weighted by atomic mass is 9.90. The van der Waals surface area contributed by atoms with Gasteiger partial charge < -0.3 is 10.0 Å². The molecule has 3 atom stereocenters. The zero-order valence-electron chi connectivity index (χ0n) is 10.0. The van der Waals surface area contributed by atoms with Gasteiger partial charge in [-0.05, 0) is 36.7 Å². The molecule has 0 saturated carbocycles. The third kappa shape index (κ3) is 1.12. The topological polar surface area (TPSA) is 26.7 Å². The highest BCUT2D eigenvalue weighted by molar-refractivity contribution is 5.63. The van der Waals surface area contributed by atoms with Crippen molar-refractivity contribution < 1.29 is 5.11 Å². The molecule has 2 aliphatic heterocycles. The number of anilines is 1. The summed E-state index contributed by atoms with van der Waals surface area (Å²) in [6, 6.07) is 5.75. The maximum atomic E-state index is 9.62. The quantitative estimate of drug-likeness (QED) is 0.719. The fourth-order valence-corrected chi connectivity index (χ4v) is 3.52. The van der Waals surface area contributed by atoms with E-state index in [9.17, 15) is 5.11 Å². The van der Waals surface area contributed by atoms with Gasteiger partial charge in [-0.25, -0.2) is 0 Å². The summed E-state index contributed by atoms with van der Waals surface area (Å²) in [4.78, 5) is 4.75. The molecule has 1 fully saturated rings. The number of likely N-dealkylation sites (N-methyl/N-ethyl adjacent to an activating group) is 2. The standard InChI is InChI=1S/C13H18N2O/c1-8-7-14(2)13-12(8)10-6-9(16)4-5-11(10)15(13)3/h4-6,8,12-13,16H,7H2,1-3H3/t8?,12-,13?/m0/s1. The number of rotatable bonds is 0. The van der Waals surface area contributed by atoms with Crippen molar-refractivity contribution in [3.63, 3.8) is 0 Å². The van der Waals surface area contributed by atoms with Crippen LogP contribution in [-0.4, -0.2) is 36.8 Å². The first kappa shape index (κ1) is 9.97. The van der Waals surface area contributed by atoms with Crippen molar-refractivity contribution in [1.82, 2.24) is 4.90 Å². The lowest BCUT2D eigenvalue weighted by molar-refractivity contribution is 0.304. The Hall–Kier alpha value is -1.22. The Morgan fingerprint density at radius 3 is 2.81 bits per heavy atom. The van der Waals surface area contributed by atoms with E-state index in [1.807, 2.05) is 12.1 Å². The number of aromatic hydroxyl groups is 1. The van der Waals surface area contributed by atoms with E-state index in [0.29, 0.717) is 23.8 Å². The first-order valence-corrected chi connectivity index (χ1v) is 5.85. The predicted molar refractivity (Wildman–Crippen MR) is 64.8 cm³/mol. The second kappa shape index (κ2) is 3.14. The summed E-state index contributed by atoms with van der Waals surface area (Å²) < 4.78 is 0. The summed E-state index contributed by atoms with van der Waals surface area (Å²) in [7, 11) is 4.33. The van der Waals surface area contributed by atoms with Crippen LogP contribution < -0.4 is 4.90 Å². The molecule has 0 amide bonds. The Balaban J connectivity index is 2.13. The Kier molecular flexibility index (Phi) is 1.96. The Morgan fingerprint density at radius 1 is 1.31 bits per heavy atom. The summed E-state index contributed by atoms with van der Waals surface area (Å²) >= 11 is 0. The van der Waals surface area contributed by atoms with Gasteiger partial charge in [-0.3, -0.25) is 4.90 Å². The van der Waals surface area contributed by atoms with E-state index in [-0.39, 0.29) is 0 Å². The summed E-state index contributed by atoms with van der Waals surface area (Å²) in [5.74, 6) is 1.58. The molecular formula is C13H18N2O. The SMILES string of the molecule is CC1CN(C)C2[C@@H]1c1cc(O)ccc1N2C. The van der Waals surface area contributed by atoms with Crippen molar-refractivity contribution in [3.05, 3.63) is 23.8 Å². The normalized spacial score (nSPS) is 32.9. The zero-order chi connectivity index (χ0) is 11.4. The van der Waals surface area contributed by atoms with E-state index >= 15 is 0 Å².